The van der Waals surface area contributed by atoms with Crippen molar-refractivity contribution < 1.29 is 18.6 Å². The molecule has 2 aliphatic heterocycles. The van der Waals surface area contributed by atoms with Crippen LogP contribution in [0.25, 0.3) is 10.9 Å². The van der Waals surface area contributed by atoms with Gasteiger partial charge in [0.1, 0.15) is 5.02 Å². The highest BCUT2D eigenvalue weighted by molar-refractivity contribution is 6.33. The van der Waals surface area contributed by atoms with Gasteiger partial charge in [0.15, 0.2) is 12.4 Å². The van der Waals surface area contributed by atoms with Gasteiger partial charge in [-0.05, 0) is 61.6 Å². The number of fused-ring (bicyclic) bond motifs is 3. The van der Waals surface area contributed by atoms with Crippen LogP contribution in [0.2, 0.25) is 5.02 Å². The molecule has 7 rings (SSSR count). The number of benzene rings is 1. The fourth-order valence-corrected chi connectivity index (χ4v) is 6.70. The molecule has 9 nitrogen and oxygen atoms in total. The largest absolute Gasteiger partial charge is 0.480 e. The van der Waals surface area contributed by atoms with Crippen molar-refractivity contribution in [1.82, 2.24) is 14.5 Å². The van der Waals surface area contributed by atoms with E-state index in [4.69, 9.17) is 21.3 Å². The molecule has 4 heterocycles. The predicted molar refractivity (Wildman–Crippen MR) is 149 cm³/mol. The highest BCUT2D eigenvalue weighted by atomic mass is 35.5. The third-order valence-corrected chi connectivity index (χ3v) is 9.20. The number of aliphatic hydroxyl groups is 1. The number of ether oxygens (including phenoxy) is 1. The van der Waals surface area contributed by atoms with Gasteiger partial charge in [-0.3, -0.25) is 4.79 Å². The molecule has 1 saturated heterocycles. The lowest BCUT2D eigenvalue weighted by Gasteiger charge is -2.50. The number of nitrogens with zero attached hydrogens (tertiary/aromatic N) is 4. The lowest BCUT2D eigenvalue weighted by molar-refractivity contribution is -0.0579. The molecular weight excluding hydrogens is 542 g/mol. The molecule has 2 atom stereocenters. The Morgan fingerprint density at radius 2 is 2.08 bits per heavy atom. The number of piperidine rings is 1. The van der Waals surface area contributed by atoms with Crippen molar-refractivity contribution >= 4 is 45.6 Å². The predicted octanol–water partition coefficient (Wildman–Crippen LogP) is 4.69. The summed E-state index contributed by atoms with van der Waals surface area (Å²) in [5, 5.41) is 17.7. The number of hydrogen-bond acceptors (Lipinski definition) is 8. The molecule has 2 aromatic heterocycles. The van der Waals surface area contributed by atoms with Gasteiger partial charge < -0.3 is 29.9 Å². The van der Waals surface area contributed by atoms with Gasteiger partial charge >= 0.3 is 5.92 Å². The summed E-state index contributed by atoms with van der Waals surface area (Å²) in [5.41, 5.74) is 1.10. The van der Waals surface area contributed by atoms with Crippen molar-refractivity contribution in [2.45, 2.75) is 56.6 Å². The second-order valence-electron chi connectivity index (χ2n) is 11.9. The lowest BCUT2D eigenvalue weighted by Crippen LogP contribution is -2.53. The van der Waals surface area contributed by atoms with E-state index in [1.807, 2.05) is 4.90 Å². The molecule has 3 fully saturated rings. The van der Waals surface area contributed by atoms with Crippen LogP contribution < -0.4 is 25.8 Å². The molecule has 4 aliphatic rings. The number of halogens is 3. The van der Waals surface area contributed by atoms with E-state index in [2.05, 4.69) is 15.6 Å². The Balaban J connectivity index is 1.24. The standard InChI is InChI=1S/C28H31ClF2N6O3/c1-36-20-6-5-16(9-18(20)21-22(25(36)39)40-14-28(30,31)23(34-21)15-3-4-15)33-24-19(29)11-32-26(35-24)37-12-17(38)10-27(13-37)7-2-8-27/h5-6,9,11,15,17,23,34,38H,2-4,7-8,10,12-14H2,1H3,(H,32,33,35)/t17-,23+/m1/s1. The Hall–Kier alpha value is -3.18. The van der Waals surface area contributed by atoms with Crippen molar-refractivity contribution in [3.05, 3.63) is 39.8 Å². The van der Waals surface area contributed by atoms with E-state index in [0.717, 1.165) is 25.8 Å². The number of hydrogen-bond donors (Lipinski definition) is 3. The average molecular weight is 573 g/mol. The number of nitrogens with one attached hydrogen (secondary N) is 2. The monoisotopic (exact) mass is 572 g/mol. The summed E-state index contributed by atoms with van der Waals surface area (Å²) >= 11 is 6.49. The van der Waals surface area contributed by atoms with E-state index in [-0.39, 0.29) is 22.8 Å². The number of aromatic nitrogens is 3. The fraction of sp³-hybridized carbons (Fsp3) is 0.536. The molecule has 3 N–H and O–H groups in total. The quantitative estimate of drug-likeness (QED) is 0.414. The molecule has 0 bridgehead atoms. The Kier molecular flexibility index (Phi) is 5.91. The number of rotatable bonds is 4. The van der Waals surface area contributed by atoms with E-state index in [1.54, 1.807) is 25.2 Å². The topological polar surface area (TPSA) is 105 Å². The van der Waals surface area contributed by atoms with Crippen LogP contribution in [0, 0.1) is 11.3 Å². The fourth-order valence-electron chi connectivity index (χ4n) is 6.56. The third kappa shape index (κ3) is 4.34. The van der Waals surface area contributed by atoms with Gasteiger partial charge in [0, 0.05) is 31.2 Å². The summed E-state index contributed by atoms with van der Waals surface area (Å²) in [4.78, 5) is 24.2. The summed E-state index contributed by atoms with van der Waals surface area (Å²) in [6.45, 7) is 0.399. The van der Waals surface area contributed by atoms with Crippen LogP contribution in [-0.4, -0.2) is 57.4 Å². The molecule has 3 aromatic rings. The van der Waals surface area contributed by atoms with Gasteiger partial charge in [0.25, 0.3) is 5.56 Å². The summed E-state index contributed by atoms with van der Waals surface area (Å²) in [6, 6.07) is 4.21. The molecule has 0 unspecified atom stereocenters. The first-order chi connectivity index (χ1) is 19.1. The maximum Gasteiger partial charge on any atom is 0.301 e. The molecule has 0 radical (unpaired) electrons. The average Bonchev–Trinajstić information content (AvgIpc) is 3.75. The van der Waals surface area contributed by atoms with E-state index in [9.17, 15) is 18.7 Å². The van der Waals surface area contributed by atoms with E-state index in [1.165, 1.54) is 17.2 Å². The minimum atomic E-state index is -3.11. The van der Waals surface area contributed by atoms with Crippen molar-refractivity contribution in [3.8, 4) is 5.75 Å². The molecule has 2 aliphatic carbocycles. The Labute approximate surface area is 234 Å². The first-order valence-electron chi connectivity index (χ1n) is 13.8. The number of alkyl halides is 2. The molecule has 1 spiro atoms. The van der Waals surface area contributed by atoms with Crippen molar-refractivity contribution in [3.63, 3.8) is 0 Å². The highest BCUT2D eigenvalue weighted by Crippen LogP contribution is 2.48. The second-order valence-corrected chi connectivity index (χ2v) is 12.3. The molecular formula is C28H31ClF2N6O3. The highest BCUT2D eigenvalue weighted by Gasteiger charge is 2.51. The molecule has 212 valence electrons. The summed E-state index contributed by atoms with van der Waals surface area (Å²) in [5.74, 6) is -2.52. The van der Waals surface area contributed by atoms with Crippen LogP contribution in [0.4, 0.5) is 31.9 Å². The first-order valence-corrected chi connectivity index (χ1v) is 14.2. The zero-order chi connectivity index (χ0) is 27.8. The Morgan fingerprint density at radius 1 is 1.27 bits per heavy atom. The minimum absolute atomic E-state index is 0.106. The van der Waals surface area contributed by atoms with Gasteiger partial charge in [0.2, 0.25) is 11.7 Å². The molecule has 40 heavy (non-hydrogen) atoms. The zero-order valence-corrected chi connectivity index (χ0v) is 22.8. The van der Waals surface area contributed by atoms with Crippen molar-refractivity contribution in [2.24, 2.45) is 18.4 Å². The van der Waals surface area contributed by atoms with Crippen LogP contribution in [0.3, 0.4) is 0 Å². The summed E-state index contributed by atoms with van der Waals surface area (Å²) < 4.78 is 36.8. The van der Waals surface area contributed by atoms with E-state index in [0.29, 0.717) is 52.8 Å². The minimum Gasteiger partial charge on any atom is -0.480 e. The molecule has 12 heteroatoms. The van der Waals surface area contributed by atoms with Crippen molar-refractivity contribution in [1.29, 1.82) is 0 Å². The number of pyridine rings is 1. The number of aliphatic hydroxyl groups excluding tert-OH is 1. The zero-order valence-electron chi connectivity index (χ0n) is 22.1. The normalized spacial score (nSPS) is 25.0. The number of anilines is 4. The van der Waals surface area contributed by atoms with Crippen LogP contribution in [-0.2, 0) is 7.05 Å². The van der Waals surface area contributed by atoms with Gasteiger partial charge in [-0.2, -0.15) is 4.98 Å². The van der Waals surface area contributed by atoms with Crippen molar-refractivity contribution in [2.75, 3.05) is 35.2 Å². The third-order valence-electron chi connectivity index (χ3n) is 8.93. The van der Waals surface area contributed by atoms with Crippen LogP contribution in [0.15, 0.2) is 29.2 Å². The van der Waals surface area contributed by atoms with E-state index >= 15 is 0 Å². The molecule has 2 saturated carbocycles. The number of aryl methyl sites for hydroxylation is 1. The van der Waals surface area contributed by atoms with E-state index < -0.39 is 30.2 Å². The van der Waals surface area contributed by atoms with Gasteiger partial charge in [0.05, 0.1) is 29.5 Å². The maximum absolute atomic E-state index is 15.0. The van der Waals surface area contributed by atoms with Crippen LogP contribution >= 0.6 is 11.6 Å². The molecule has 0 amide bonds. The van der Waals surface area contributed by atoms with Crippen LogP contribution in [0.5, 0.6) is 5.75 Å². The Morgan fingerprint density at radius 3 is 2.80 bits per heavy atom. The number of β-amino-alcohol motifs (C(OH)–C–C–N with tert-alkyl or cyclic N) is 1. The Bertz CT molecular complexity index is 1560. The molecule has 1 aromatic carbocycles. The first kappa shape index (κ1) is 25.8. The van der Waals surface area contributed by atoms with Gasteiger partial charge in [-0.1, -0.05) is 18.0 Å². The van der Waals surface area contributed by atoms with Crippen LogP contribution in [0.1, 0.15) is 38.5 Å². The second kappa shape index (κ2) is 9.17. The van der Waals surface area contributed by atoms with Gasteiger partial charge in [-0.25, -0.2) is 13.8 Å². The SMILES string of the molecule is Cn1c(=O)c2c(c3cc(Nc4nc(N5C[C@H](O)CC6(CCC6)C5)ncc4Cl)ccc31)N[C@@H](C1CC1)C(F)(F)CO2. The smallest absolute Gasteiger partial charge is 0.301 e. The summed E-state index contributed by atoms with van der Waals surface area (Å²) in [6.07, 6.45) is 6.68. The van der Waals surface area contributed by atoms with Gasteiger partial charge in [-0.15, -0.1) is 0 Å². The summed E-state index contributed by atoms with van der Waals surface area (Å²) in [7, 11) is 1.60. The maximum atomic E-state index is 15.0. The lowest BCUT2D eigenvalue weighted by atomic mass is 9.64.